The summed E-state index contributed by atoms with van der Waals surface area (Å²) in [5, 5.41) is 0.557. The van der Waals surface area contributed by atoms with Gasteiger partial charge in [-0.25, -0.2) is 4.98 Å². The second kappa shape index (κ2) is 5.81. The molecule has 0 atom stereocenters. The maximum Gasteiger partial charge on any atom is 0.416 e. The number of alkyl halides is 3. The highest BCUT2D eigenvalue weighted by atomic mass is 32.1. The van der Waals surface area contributed by atoms with Crippen LogP contribution in [0.2, 0.25) is 0 Å². The minimum Gasteiger partial charge on any atom is -0.294 e. The van der Waals surface area contributed by atoms with Gasteiger partial charge in [0.2, 0.25) is 0 Å². The molecule has 0 fully saturated rings. The molecule has 0 aliphatic heterocycles. The molecule has 0 saturated carbocycles. The first-order valence-electron chi connectivity index (χ1n) is 7.02. The zero-order chi connectivity index (χ0) is 16.6. The molecular formula is C16H13F3N2OS. The van der Waals surface area contributed by atoms with Crippen molar-refractivity contribution in [1.82, 2.24) is 9.55 Å². The molecule has 0 aliphatic carbocycles. The summed E-state index contributed by atoms with van der Waals surface area (Å²) in [6.45, 7) is 2.20. The van der Waals surface area contributed by atoms with E-state index < -0.39 is 11.7 Å². The Balaban J connectivity index is 1.92. The lowest BCUT2D eigenvalue weighted by molar-refractivity contribution is -0.137. The first kappa shape index (κ1) is 15.7. The summed E-state index contributed by atoms with van der Waals surface area (Å²) in [7, 11) is 0. The highest BCUT2D eigenvalue weighted by Crippen LogP contribution is 2.29. The number of hydrogen-bond donors (Lipinski definition) is 0. The maximum absolute atomic E-state index is 12.6. The highest BCUT2D eigenvalue weighted by Gasteiger charge is 2.29. The normalized spacial score (nSPS) is 12.0. The molecule has 3 aromatic rings. The van der Waals surface area contributed by atoms with Gasteiger partial charge in [0, 0.05) is 4.88 Å². The van der Waals surface area contributed by atoms with E-state index in [1.54, 1.807) is 0 Å². The topological polar surface area (TPSA) is 34.9 Å². The fraction of sp³-hybridized carbons (Fsp3) is 0.250. The van der Waals surface area contributed by atoms with E-state index in [9.17, 15) is 18.0 Å². The van der Waals surface area contributed by atoms with E-state index in [4.69, 9.17) is 0 Å². The van der Waals surface area contributed by atoms with Crippen molar-refractivity contribution in [3.05, 3.63) is 63.0 Å². The summed E-state index contributed by atoms with van der Waals surface area (Å²) >= 11 is 1.48. The van der Waals surface area contributed by atoms with E-state index in [2.05, 4.69) is 4.98 Å². The Labute approximate surface area is 134 Å². The lowest BCUT2D eigenvalue weighted by Crippen LogP contribution is -2.20. The summed E-state index contributed by atoms with van der Waals surface area (Å²) in [5.41, 5.74) is -0.259. The van der Waals surface area contributed by atoms with Gasteiger partial charge in [0.15, 0.2) is 0 Å². The third-order valence-corrected chi connectivity index (χ3v) is 4.74. The molecule has 0 unspecified atom stereocenters. The Morgan fingerprint density at radius 2 is 1.91 bits per heavy atom. The van der Waals surface area contributed by atoms with Crippen LogP contribution in [-0.4, -0.2) is 9.55 Å². The van der Waals surface area contributed by atoms with E-state index >= 15 is 0 Å². The number of halogens is 3. The molecule has 0 amide bonds. The molecule has 3 nitrogen and oxygen atoms in total. The smallest absolute Gasteiger partial charge is 0.294 e. The number of rotatable bonds is 3. The zero-order valence-corrected chi connectivity index (χ0v) is 13.0. The van der Waals surface area contributed by atoms with E-state index in [0.29, 0.717) is 15.8 Å². The van der Waals surface area contributed by atoms with Crippen molar-refractivity contribution in [2.75, 3.05) is 0 Å². The van der Waals surface area contributed by atoms with Crippen molar-refractivity contribution >= 4 is 21.6 Å². The summed E-state index contributed by atoms with van der Waals surface area (Å²) in [5.74, 6) is 0. The number of aromatic nitrogens is 2. The van der Waals surface area contributed by atoms with Crippen LogP contribution in [0.25, 0.3) is 10.2 Å². The van der Waals surface area contributed by atoms with Crippen molar-refractivity contribution in [2.45, 2.75) is 26.1 Å². The molecule has 1 aromatic carbocycles. The number of fused-ring (bicyclic) bond motifs is 1. The summed E-state index contributed by atoms with van der Waals surface area (Å²) in [6, 6.07) is 6.63. The molecule has 0 radical (unpaired) electrons. The molecule has 23 heavy (non-hydrogen) atoms. The fourth-order valence-electron chi connectivity index (χ4n) is 2.29. The molecule has 0 bridgehead atoms. The van der Waals surface area contributed by atoms with E-state index in [-0.39, 0.29) is 12.1 Å². The van der Waals surface area contributed by atoms with Gasteiger partial charge in [-0.05, 0) is 30.2 Å². The molecular weight excluding hydrogens is 325 g/mol. The van der Waals surface area contributed by atoms with Crippen LogP contribution in [0, 0.1) is 0 Å². The standard InChI is InChI=1S/C16H13F3N2OS/c1-2-12-7-13-14(23-12)20-9-21(15(13)22)8-10-3-5-11(6-4-10)16(17,18)19/h3-7,9H,2,8H2,1H3. The lowest BCUT2D eigenvalue weighted by Gasteiger charge is -2.08. The molecule has 0 aliphatic rings. The van der Waals surface area contributed by atoms with Gasteiger partial charge >= 0.3 is 6.18 Å². The van der Waals surface area contributed by atoms with Gasteiger partial charge < -0.3 is 0 Å². The average Bonchev–Trinajstić information content (AvgIpc) is 2.94. The third kappa shape index (κ3) is 3.14. The zero-order valence-electron chi connectivity index (χ0n) is 12.2. The Morgan fingerprint density at radius 3 is 2.52 bits per heavy atom. The largest absolute Gasteiger partial charge is 0.416 e. The molecule has 0 N–H and O–H groups in total. The third-order valence-electron chi connectivity index (χ3n) is 3.55. The first-order valence-corrected chi connectivity index (χ1v) is 7.84. The molecule has 2 heterocycles. The molecule has 120 valence electrons. The maximum atomic E-state index is 12.6. The van der Waals surface area contributed by atoms with Crippen molar-refractivity contribution in [3.8, 4) is 0 Å². The van der Waals surface area contributed by atoms with Crippen LogP contribution in [0.5, 0.6) is 0 Å². The van der Waals surface area contributed by atoms with Crippen LogP contribution in [0.3, 0.4) is 0 Å². The Bertz CT molecular complexity index is 894. The van der Waals surface area contributed by atoms with Crippen LogP contribution in [-0.2, 0) is 19.1 Å². The van der Waals surface area contributed by atoms with Crippen LogP contribution >= 0.6 is 11.3 Å². The number of nitrogens with zero attached hydrogens (tertiary/aromatic N) is 2. The predicted octanol–water partition coefficient (Wildman–Crippen LogP) is 4.09. The van der Waals surface area contributed by atoms with Gasteiger partial charge in [-0.15, -0.1) is 11.3 Å². The molecule has 7 heteroatoms. The Hall–Kier alpha value is -2.15. The van der Waals surface area contributed by atoms with Crippen molar-refractivity contribution in [2.24, 2.45) is 0 Å². The molecule has 0 spiro atoms. The lowest BCUT2D eigenvalue weighted by atomic mass is 10.1. The minimum atomic E-state index is -4.36. The van der Waals surface area contributed by atoms with Crippen LogP contribution in [0.4, 0.5) is 13.2 Å². The quantitative estimate of drug-likeness (QED) is 0.721. The number of hydrogen-bond acceptors (Lipinski definition) is 3. The summed E-state index contributed by atoms with van der Waals surface area (Å²) < 4.78 is 39.1. The van der Waals surface area contributed by atoms with Crippen LogP contribution in [0.1, 0.15) is 22.9 Å². The van der Waals surface area contributed by atoms with Gasteiger partial charge in [-0.2, -0.15) is 13.2 Å². The van der Waals surface area contributed by atoms with Crippen molar-refractivity contribution < 1.29 is 13.2 Å². The van der Waals surface area contributed by atoms with Gasteiger partial charge in [0.25, 0.3) is 5.56 Å². The van der Waals surface area contributed by atoms with E-state index in [1.165, 1.54) is 34.4 Å². The van der Waals surface area contributed by atoms with Gasteiger partial charge in [0.05, 0.1) is 23.8 Å². The number of thiophene rings is 1. The monoisotopic (exact) mass is 338 g/mol. The Kier molecular flexibility index (Phi) is 3.97. The average molecular weight is 338 g/mol. The minimum absolute atomic E-state index is 0.175. The van der Waals surface area contributed by atoms with Crippen molar-refractivity contribution in [3.63, 3.8) is 0 Å². The summed E-state index contributed by atoms with van der Waals surface area (Å²) in [6.07, 6.45) is -2.08. The second-order valence-corrected chi connectivity index (χ2v) is 6.27. The van der Waals surface area contributed by atoms with Crippen molar-refractivity contribution in [1.29, 1.82) is 0 Å². The SMILES string of the molecule is CCc1cc2c(=O)n(Cc3ccc(C(F)(F)F)cc3)cnc2s1. The fourth-order valence-corrected chi connectivity index (χ4v) is 3.22. The Morgan fingerprint density at radius 1 is 1.22 bits per heavy atom. The second-order valence-electron chi connectivity index (χ2n) is 5.16. The highest BCUT2D eigenvalue weighted by molar-refractivity contribution is 7.18. The molecule has 2 aromatic heterocycles. The first-order chi connectivity index (χ1) is 10.9. The van der Waals surface area contributed by atoms with Crippen LogP contribution in [0.15, 0.2) is 41.5 Å². The predicted molar refractivity (Wildman–Crippen MR) is 83.8 cm³/mol. The number of aryl methyl sites for hydroxylation is 1. The molecule has 3 rings (SSSR count). The number of benzene rings is 1. The van der Waals surface area contributed by atoms with Gasteiger partial charge in [-0.3, -0.25) is 9.36 Å². The molecule has 0 saturated heterocycles. The van der Waals surface area contributed by atoms with Crippen LogP contribution < -0.4 is 5.56 Å². The van der Waals surface area contributed by atoms with Gasteiger partial charge in [0.1, 0.15) is 4.83 Å². The van der Waals surface area contributed by atoms with Gasteiger partial charge in [-0.1, -0.05) is 19.1 Å². The van der Waals surface area contributed by atoms with E-state index in [0.717, 1.165) is 23.4 Å². The summed E-state index contributed by atoms with van der Waals surface area (Å²) in [4.78, 5) is 18.5. The van der Waals surface area contributed by atoms with E-state index in [1.807, 2.05) is 13.0 Å².